The largest absolute Gasteiger partial charge is 0.493 e. The Bertz CT molecular complexity index is 658. The van der Waals surface area contributed by atoms with E-state index in [0.29, 0.717) is 6.61 Å². The minimum atomic E-state index is -0.0783. The number of para-hydroxylation sites is 1. The quantitative estimate of drug-likeness (QED) is 0.774. The van der Waals surface area contributed by atoms with Crippen molar-refractivity contribution in [2.75, 3.05) is 6.61 Å². The van der Waals surface area contributed by atoms with Crippen LogP contribution >= 0.6 is 0 Å². The van der Waals surface area contributed by atoms with Crippen molar-refractivity contribution >= 4 is 5.78 Å². The molecule has 1 atom stereocenters. The maximum Gasteiger partial charge on any atom is 0.169 e. The van der Waals surface area contributed by atoms with Gasteiger partial charge in [-0.05, 0) is 43.5 Å². The van der Waals surface area contributed by atoms with E-state index in [-0.39, 0.29) is 11.7 Å². The van der Waals surface area contributed by atoms with Crippen molar-refractivity contribution in [1.82, 2.24) is 0 Å². The number of Topliss-reactive ketones (excluding diaryl/α,β-unsaturated/α-hetero) is 1. The second-order valence-electron chi connectivity index (χ2n) is 5.50. The van der Waals surface area contributed by atoms with Gasteiger partial charge in [0, 0.05) is 5.56 Å². The summed E-state index contributed by atoms with van der Waals surface area (Å²) in [4.78, 5) is 12.7. The van der Waals surface area contributed by atoms with Gasteiger partial charge in [0.25, 0.3) is 0 Å². The van der Waals surface area contributed by atoms with Gasteiger partial charge in [0.05, 0.1) is 12.5 Å². The van der Waals surface area contributed by atoms with Gasteiger partial charge in [-0.3, -0.25) is 4.79 Å². The number of aryl methyl sites for hydroxylation is 2. The molecule has 0 fully saturated rings. The van der Waals surface area contributed by atoms with Gasteiger partial charge >= 0.3 is 0 Å². The molecule has 20 heavy (non-hydrogen) atoms. The number of carbonyl (C=O) groups excluding carboxylic acids is 1. The Labute approximate surface area is 119 Å². The lowest BCUT2D eigenvalue weighted by Gasteiger charge is -2.24. The van der Waals surface area contributed by atoms with Gasteiger partial charge in [0.15, 0.2) is 5.78 Å². The van der Waals surface area contributed by atoms with Gasteiger partial charge in [-0.15, -0.1) is 0 Å². The summed E-state index contributed by atoms with van der Waals surface area (Å²) < 4.78 is 5.73. The number of benzene rings is 2. The Hall–Kier alpha value is -2.09. The van der Waals surface area contributed by atoms with Crippen LogP contribution in [0.2, 0.25) is 0 Å². The molecule has 0 aliphatic carbocycles. The van der Waals surface area contributed by atoms with Gasteiger partial charge in [0.1, 0.15) is 5.75 Å². The summed E-state index contributed by atoms with van der Waals surface area (Å²) in [7, 11) is 0. The lowest BCUT2D eigenvalue weighted by molar-refractivity contribution is 0.0854. The normalized spacial score (nSPS) is 17.2. The lowest BCUT2D eigenvalue weighted by atomic mass is 9.88. The molecule has 1 heterocycles. The van der Waals surface area contributed by atoms with Crippen LogP contribution in [0, 0.1) is 19.8 Å². The Kier molecular flexibility index (Phi) is 3.31. The molecule has 0 amide bonds. The molecular weight excluding hydrogens is 248 g/mol. The molecule has 0 aromatic heterocycles. The Morgan fingerprint density at radius 3 is 2.80 bits per heavy atom. The van der Waals surface area contributed by atoms with E-state index in [4.69, 9.17) is 4.74 Å². The van der Waals surface area contributed by atoms with E-state index in [1.165, 1.54) is 0 Å². The SMILES string of the molecule is Cc1ccc(C)c(C(=O)C2COc3ccccc3C2)c1. The Morgan fingerprint density at radius 2 is 1.95 bits per heavy atom. The smallest absolute Gasteiger partial charge is 0.169 e. The molecule has 2 nitrogen and oxygen atoms in total. The molecule has 1 unspecified atom stereocenters. The van der Waals surface area contributed by atoms with Gasteiger partial charge in [-0.1, -0.05) is 35.9 Å². The van der Waals surface area contributed by atoms with Gasteiger partial charge in [-0.2, -0.15) is 0 Å². The number of hydrogen-bond donors (Lipinski definition) is 0. The standard InChI is InChI=1S/C18H18O2/c1-12-7-8-13(2)16(9-12)18(19)15-10-14-5-3-4-6-17(14)20-11-15/h3-9,15H,10-11H2,1-2H3. The highest BCUT2D eigenvalue weighted by atomic mass is 16.5. The monoisotopic (exact) mass is 266 g/mol. The van der Waals surface area contributed by atoms with Crippen molar-refractivity contribution < 1.29 is 9.53 Å². The first-order valence-corrected chi connectivity index (χ1v) is 6.97. The molecule has 1 aliphatic rings. The van der Waals surface area contributed by atoms with E-state index in [2.05, 4.69) is 0 Å². The number of ether oxygens (including phenoxy) is 1. The summed E-state index contributed by atoms with van der Waals surface area (Å²) >= 11 is 0. The first-order valence-electron chi connectivity index (χ1n) is 6.97. The third-order valence-corrected chi connectivity index (χ3v) is 3.91. The maximum absolute atomic E-state index is 12.7. The van der Waals surface area contributed by atoms with E-state index in [0.717, 1.165) is 34.4 Å². The van der Waals surface area contributed by atoms with E-state index in [1.807, 2.05) is 56.3 Å². The van der Waals surface area contributed by atoms with Crippen LogP contribution in [0.25, 0.3) is 0 Å². The highest BCUT2D eigenvalue weighted by molar-refractivity contribution is 5.99. The fraction of sp³-hybridized carbons (Fsp3) is 0.278. The molecule has 0 N–H and O–H groups in total. The van der Waals surface area contributed by atoms with Crippen LogP contribution in [-0.4, -0.2) is 12.4 Å². The van der Waals surface area contributed by atoms with Crippen LogP contribution in [0.1, 0.15) is 27.0 Å². The fourth-order valence-electron chi connectivity index (χ4n) is 2.72. The summed E-state index contributed by atoms with van der Waals surface area (Å²) in [6, 6.07) is 14.0. The predicted molar refractivity (Wildman–Crippen MR) is 79.4 cm³/mol. The third kappa shape index (κ3) is 2.34. The minimum Gasteiger partial charge on any atom is -0.493 e. The van der Waals surface area contributed by atoms with E-state index in [9.17, 15) is 4.79 Å². The zero-order valence-corrected chi connectivity index (χ0v) is 11.8. The molecule has 0 saturated heterocycles. The van der Waals surface area contributed by atoms with Crippen molar-refractivity contribution in [2.24, 2.45) is 5.92 Å². The Morgan fingerprint density at radius 1 is 1.15 bits per heavy atom. The molecule has 0 saturated carbocycles. The molecule has 2 aromatic carbocycles. The summed E-state index contributed by atoms with van der Waals surface area (Å²) in [6.45, 7) is 4.48. The second kappa shape index (κ2) is 5.12. The minimum absolute atomic E-state index is 0.0783. The van der Waals surface area contributed by atoms with Gasteiger partial charge < -0.3 is 4.74 Å². The van der Waals surface area contributed by atoms with Crippen molar-refractivity contribution in [3.8, 4) is 5.75 Å². The van der Waals surface area contributed by atoms with Crippen LogP contribution in [-0.2, 0) is 6.42 Å². The first kappa shape index (κ1) is 12.9. The topological polar surface area (TPSA) is 26.3 Å². The van der Waals surface area contributed by atoms with Crippen LogP contribution in [0.5, 0.6) is 5.75 Å². The van der Waals surface area contributed by atoms with Crippen LogP contribution in [0.3, 0.4) is 0 Å². The molecule has 2 aromatic rings. The maximum atomic E-state index is 12.7. The molecule has 3 rings (SSSR count). The van der Waals surface area contributed by atoms with Gasteiger partial charge in [-0.25, -0.2) is 0 Å². The third-order valence-electron chi connectivity index (χ3n) is 3.91. The number of fused-ring (bicyclic) bond motifs is 1. The zero-order chi connectivity index (χ0) is 14.1. The molecule has 1 aliphatic heterocycles. The molecular formula is C18H18O2. The molecule has 2 heteroatoms. The summed E-state index contributed by atoms with van der Waals surface area (Å²) in [6.07, 6.45) is 0.766. The highest BCUT2D eigenvalue weighted by Gasteiger charge is 2.27. The highest BCUT2D eigenvalue weighted by Crippen LogP contribution is 2.29. The van der Waals surface area contributed by atoms with Crippen LogP contribution in [0.15, 0.2) is 42.5 Å². The second-order valence-corrected chi connectivity index (χ2v) is 5.50. The van der Waals surface area contributed by atoms with Crippen LogP contribution < -0.4 is 4.74 Å². The Balaban J connectivity index is 1.88. The van der Waals surface area contributed by atoms with E-state index >= 15 is 0 Å². The van der Waals surface area contributed by atoms with Crippen molar-refractivity contribution in [2.45, 2.75) is 20.3 Å². The number of rotatable bonds is 2. The van der Waals surface area contributed by atoms with Crippen molar-refractivity contribution in [1.29, 1.82) is 0 Å². The fourth-order valence-corrected chi connectivity index (χ4v) is 2.72. The summed E-state index contributed by atoms with van der Waals surface area (Å²) in [5, 5.41) is 0. The summed E-state index contributed by atoms with van der Waals surface area (Å²) in [5.74, 6) is 1.03. The van der Waals surface area contributed by atoms with E-state index in [1.54, 1.807) is 0 Å². The average Bonchev–Trinajstić information content (AvgIpc) is 2.48. The molecule has 0 bridgehead atoms. The predicted octanol–water partition coefficient (Wildman–Crippen LogP) is 3.74. The van der Waals surface area contributed by atoms with E-state index < -0.39 is 0 Å². The average molecular weight is 266 g/mol. The zero-order valence-electron chi connectivity index (χ0n) is 11.8. The van der Waals surface area contributed by atoms with Gasteiger partial charge in [0.2, 0.25) is 0 Å². The first-order chi connectivity index (χ1) is 9.65. The lowest BCUT2D eigenvalue weighted by Crippen LogP contribution is -2.28. The molecule has 0 spiro atoms. The summed E-state index contributed by atoms with van der Waals surface area (Å²) in [5.41, 5.74) is 4.12. The van der Waals surface area contributed by atoms with Crippen molar-refractivity contribution in [3.05, 3.63) is 64.7 Å². The number of ketones is 1. The molecule has 0 radical (unpaired) electrons. The van der Waals surface area contributed by atoms with Crippen molar-refractivity contribution in [3.63, 3.8) is 0 Å². The molecule has 102 valence electrons. The van der Waals surface area contributed by atoms with Crippen LogP contribution in [0.4, 0.5) is 0 Å². The number of carbonyl (C=O) groups is 1. The number of hydrogen-bond acceptors (Lipinski definition) is 2.